The first kappa shape index (κ1) is 22.2. The molecular weight excluding hydrogens is 376 g/mol. The Hall–Kier alpha value is -1.86. The molecule has 0 amide bonds. The number of Topliss-reactive ketones (excluding diaryl/α,β-unsaturated/α-hetero) is 1. The molecule has 0 unspecified atom stereocenters. The van der Waals surface area contributed by atoms with Crippen LogP contribution in [0, 0.1) is 25.5 Å². The molecule has 3 nitrogen and oxygen atoms in total. The monoisotopic (exact) mass is 397 g/mol. The van der Waals surface area contributed by atoms with Gasteiger partial charge in [0.2, 0.25) is 0 Å². The Bertz CT molecular complexity index is 751. The number of nitrogens with two attached hydrogens (primary N) is 1. The van der Waals surface area contributed by atoms with E-state index in [1.807, 2.05) is 0 Å². The first-order valence-corrected chi connectivity index (χ1v) is 8.99. The second kappa shape index (κ2) is 9.73. The molecule has 0 fully saturated rings. The van der Waals surface area contributed by atoms with Crippen molar-refractivity contribution < 1.29 is 18.4 Å². The minimum absolute atomic E-state index is 0.0523. The zero-order chi connectivity index (χ0) is 20.0. The summed E-state index contributed by atoms with van der Waals surface area (Å²) in [5.41, 5.74) is 7.28. The number of thioether (sulfide) groups is 1. The number of ketones is 1. The van der Waals surface area contributed by atoms with Crippen molar-refractivity contribution >= 4 is 41.0 Å². The van der Waals surface area contributed by atoms with Gasteiger partial charge in [0.15, 0.2) is 5.12 Å². The molecule has 0 aliphatic rings. The molecule has 0 aromatic heterocycles. The molecule has 7 heteroatoms. The van der Waals surface area contributed by atoms with Crippen LogP contribution in [0.5, 0.6) is 0 Å². The molecule has 0 heterocycles. The third-order valence-electron chi connectivity index (χ3n) is 3.35. The molecule has 0 spiro atoms. The second-order valence-electron chi connectivity index (χ2n) is 5.84. The molecule has 2 aromatic rings. The zero-order valence-electron chi connectivity index (χ0n) is 15.0. The molecular formula is C19H21F2NO2S2. The predicted molar refractivity (Wildman–Crippen MR) is 105 cm³/mol. The highest BCUT2D eigenvalue weighted by molar-refractivity contribution is 8.13. The third-order valence-corrected chi connectivity index (χ3v) is 4.78. The van der Waals surface area contributed by atoms with Crippen LogP contribution in [-0.4, -0.2) is 10.9 Å². The van der Waals surface area contributed by atoms with Crippen LogP contribution in [-0.2, 0) is 16.0 Å². The summed E-state index contributed by atoms with van der Waals surface area (Å²) < 4.78 is 26.1. The predicted octanol–water partition coefficient (Wildman–Crippen LogP) is 4.91. The van der Waals surface area contributed by atoms with Gasteiger partial charge < -0.3 is 5.73 Å². The number of carbonyl (C=O) groups excluding carboxylic acids is 2. The fourth-order valence-corrected chi connectivity index (χ4v) is 2.98. The van der Waals surface area contributed by atoms with Crippen LogP contribution in [0.15, 0.2) is 34.1 Å². The number of halogens is 2. The normalized spacial score (nSPS) is 10.1. The molecule has 0 saturated heterocycles. The third kappa shape index (κ3) is 6.80. The maximum absolute atomic E-state index is 13.5. The van der Waals surface area contributed by atoms with Crippen LogP contribution < -0.4 is 5.73 Å². The van der Waals surface area contributed by atoms with E-state index in [0.717, 1.165) is 22.2 Å². The van der Waals surface area contributed by atoms with Gasteiger partial charge in [-0.05, 0) is 61.7 Å². The fraction of sp³-hybridized carbons (Fsp3) is 0.263. The standard InChI is InChI=1S/C12H13FO2S.C7H8FNS/c1-7-4-11(13)10(5-8(2)14)6-12(7)16-9(3)15;1-4-2-5(8)6(9)3-7(4)10/h4,6H,5H2,1-3H3;2-3,10H,9H2,1H3. The maximum atomic E-state index is 13.5. The van der Waals surface area contributed by atoms with Crippen LogP contribution >= 0.6 is 24.4 Å². The van der Waals surface area contributed by atoms with Crippen LogP contribution in [0.2, 0.25) is 0 Å². The lowest BCUT2D eigenvalue weighted by Crippen LogP contribution is -2.01. The van der Waals surface area contributed by atoms with Crippen LogP contribution in [0.25, 0.3) is 0 Å². The van der Waals surface area contributed by atoms with E-state index in [0.29, 0.717) is 16.0 Å². The average molecular weight is 398 g/mol. The highest BCUT2D eigenvalue weighted by Gasteiger charge is 2.11. The Labute approximate surface area is 161 Å². The molecule has 26 heavy (non-hydrogen) atoms. The van der Waals surface area contributed by atoms with Crippen molar-refractivity contribution in [1.82, 2.24) is 0 Å². The van der Waals surface area contributed by atoms with Gasteiger partial charge >= 0.3 is 0 Å². The molecule has 2 aromatic carbocycles. The van der Waals surface area contributed by atoms with Gasteiger partial charge in [-0.2, -0.15) is 0 Å². The van der Waals surface area contributed by atoms with Crippen molar-refractivity contribution in [2.45, 2.75) is 43.9 Å². The van der Waals surface area contributed by atoms with Gasteiger partial charge in [0.05, 0.1) is 5.69 Å². The van der Waals surface area contributed by atoms with Gasteiger partial charge in [-0.25, -0.2) is 8.78 Å². The lowest BCUT2D eigenvalue weighted by atomic mass is 10.1. The number of anilines is 1. The van der Waals surface area contributed by atoms with Crippen molar-refractivity contribution in [3.63, 3.8) is 0 Å². The molecule has 2 N–H and O–H groups in total. The van der Waals surface area contributed by atoms with Gasteiger partial charge in [-0.15, -0.1) is 12.6 Å². The van der Waals surface area contributed by atoms with E-state index in [-0.39, 0.29) is 34.6 Å². The smallest absolute Gasteiger partial charge is 0.190 e. The number of rotatable bonds is 3. The molecule has 0 aliphatic carbocycles. The average Bonchev–Trinajstić information content (AvgIpc) is 2.50. The maximum Gasteiger partial charge on any atom is 0.190 e. The first-order chi connectivity index (χ1) is 12.0. The highest BCUT2D eigenvalue weighted by Crippen LogP contribution is 2.26. The summed E-state index contributed by atoms with van der Waals surface area (Å²) in [7, 11) is 0. The molecule has 0 atom stereocenters. The van der Waals surface area contributed by atoms with Gasteiger partial charge in [-0.1, -0.05) is 11.8 Å². The van der Waals surface area contributed by atoms with E-state index in [4.69, 9.17) is 5.73 Å². The number of thiol groups is 1. The highest BCUT2D eigenvalue weighted by atomic mass is 32.2. The first-order valence-electron chi connectivity index (χ1n) is 7.72. The van der Waals surface area contributed by atoms with Gasteiger partial charge in [-0.3, -0.25) is 9.59 Å². The number of hydrogen-bond acceptors (Lipinski definition) is 5. The molecule has 0 bridgehead atoms. The topological polar surface area (TPSA) is 60.2 Å². The van der Waals surface area contributed by atoms with Crippen molar-refractivity contribution in [3.8, 4) is 0 Å². The second-order valence-corrected chi connectivity index (χ2v) is 7.54. The number of hydrogen-bond donors (Lipinski definition) is 2. The summed E-state index contributed by atoms with van der Waals surface area (Å²) in [6, 6.07) is 5.83. The SMILES string of the molecule is CC(=O)Cc1cc(SC(C)=O)c(C)cc1F.Cc1cc(F)c(N)cc1S. The minimum Gasteiger partial charge on any atom is -0.396 e. The quantitative estimate of drug-likeness (QED) is 0.439. The van der Waals surface area contributed by atoms with Crippen molar-refractivity contribution in [3.05, 3.63) is 52.6 Å². The zero-order valence-corrected chi connectivity index (χ0v) is 16.7. The van der Waals surface area contributed by atoms with Crippen molar-refractivity contribution in [1.29, 1.82) is 0 Å². The Kier molecular flexibility index (Phi) is 8.30. The Balaban J connectivity index is 0.000000289. The van der Waals surface area contributed by atoms with E-state index in [2.05, 4.69) is 12.6 Å². The summed E-state index contributed by atoms with van der Waals surface area (Å²) in [6.07, 6.45) is 0.0670. The number of nitrogen functional groups attached to an aromatic ring is 1. The number of carbonyl (C=O) groups is 2. The van der Waals surface area contributed by atoms with Gasteiger partial charge in [0, 0.05) is 23.1 Å². The summed E-state index contributed by atoms with van der Waals surface area (Å²) in [5, 5.41) is -0.0523. The lowest BCUT2D eigenvalue weighted by Gasteiger charge is -2.07. The van der Waals surface area contributed by atoms with Gasteiger partial charge in [0.25, 0.3) is 0 Å². The minimum atomic E-state index is -0.388. The number of benzene rings is 2. The van der Waals surface area contributed by atoms with E-state index in [9.17, 15) is 18.4 Å². The van der Waals surface area contributed by atoms with E-state index < -0.39 is 0 Å². The molecule has 2 rings (SSSR count). The van der Waals surface area contributed by atoms with E-state index in [1.165, 1.54) is 32.0 Å². The van der Waals surface area contributed by atoms with Crippen LogP contribution in [0.3, 0.4) is 0 Å². The fourth-order valence-electron chi connectivity index (χ4n) is 2.04. The summed E-state index contributed by atoms with van der Waals surface area (Å²) in [5.74, 6) is -0.863. The molecule has 140 valence electrons. The van der Waals surface area contributed by atoms with E-state index >= 15 is 0 Å². The summed E-state index contributed by atoms with van der Waals surface area (Å²) >= 11 is 5.13. The Morgan fingerprint density at radius 3 is 2.12 bits per heavy atom. The van der Waals surface area contributed by atoms with Crippen LogP contribution in [0.4, 0.5) is 14.5 Å². The summed E-state index contributed by atoms with van der Waals surface area (Å²) in [4.78, 5) is 23.4. The van der Waals surface area contributed by atoms with E-state index in [1.54, 1.807) is 19.9 Å². The van der Waals surface area contributed by atoms with Crippen molar-refractivity contribution in [2.24, 2.45) is 0 Å². The van der Waals surface area contributed by atoms with Gasteiger partial charge in [0.1, 0.15) is 17.4 Å². The molecule has 0 aliphatic heterocycles. The lowest BCUT2D eigenvalue weighted by molar-refractivity contribution is -0.116. The van der Waals surface area contributed by atoms with Crippen LogP contribution in [0.1, 0.15) is 30.5 Å². The Morgan fingerprint density at radius 2 is 1.62 bits per heavy atom. The summed E-state index contributed by atoms with van der Waals surface area (Å²) in [6.45, 7) is 6.39. The number of aryl methyl sites for hydroxylation is 2. The largest absolute Gasteiger partial charge is 0.396 e. The molecule has 0 radical (unpaired) electrons. The molecule has 0 saturated carbocycles. The Morgan fingerprint density at radius 1 is 1.04 bits per heavy atom. The van der Waals surface area contributed by atoms with Crippen molar-refractivity contribution in [2.75, 3.05) is 5.73 Å².